The van der Waals surface area contributed by atoms with Gasteiger partial charge in [-0.15, -0.1) is 11.8 Å². The highest BCUT2D eigenvalue weighted by atomic mass is 35.5. The summed E-state index contributed by atoms with van der Waals surface area (Å²) in [5.74, 6) is 1.25. The largest absolute Gasteiger partial charge is 0.417 e. The Kier molecular flexibility index (Phi) is 6.11. The maximum atomic E-state index is 14.0. The van der Waals surface area contributed by atoms with Gasteiger partial charge in [-0.05, 0) is 50.7 Å². The average molecular weight is 527 g/mol. The highest BCUT2D eigenvalue weighted by molar-refractivity contribution is 7.99. The number of hydrogen-bond donors (Lipinski definition) is 0. The van der Waals surface area contributed by atoms with E-state index in [1.54, 1.807) is 4.90 Å². The van der Waals surface area contributed by atoms with Crippen molar-refractivity contribution in [2.75, 3.05) is 23.7 Å². The van der Waals surface area contributed by atoms with Crippen molar-refractivity contribution in [3.05, 3.63) is 39.8 Å². The van der Waals surface area contributed by atoms with Crippen molar-refractivity contribution in [1.82, 2.24) is 14.5 Å². The molecule has 3 atom stereocenters. The molecule has 1 aromatic heterocycles. The van der Waals surface area contributed by atoms with Crippen molar-refractivity contribution in [3.8, 4) is 0 Å². The maximum absolute atomic E-state index is 14.0. The first-order valence-corrected chi connectivity index (χ1v) is 13.0. The van der Waals surface area contributed by atoms with Crippen LogP contribution >= 0.6 is 23.4 Å². The Bertz CT molecular complexity index is 1260. The van der Waals surface area contributed by atoms with E-state index in [-0.39, 0.29) is 40.1 Å². The third-order valence-corrected chi connectivity index (χ3v) is 9.02. The standard InChI is InChI=1S/C24H26ClF3N4O2S/c1-4-18(33)32-12(2)8-30(9-13(32)3)22-16-7-17(24(26,27)28)19(25)21-20(16)31(23(34)29-22)10-15(11-35-21)14-5-6-14/h4,7,12-15H,1,5-6,8-11H2,2-3H3. The lowest BCUT2D eigenvalue weighted by Gasteiger charge is -2.44. The SMILES string of the molecule is C=CC(=O)N1C(C)CN(c2nc(=O)n3c4c(c(Cl)c(C(F)(F)F)cc24)SCC(C2CC2)C3)CC1C. The number of benzene rings is 1. The Morgan fingerprint density at radius 3 is 2.43 bits per heavy atom. The van der Waals surface area contributed by atoms with E-state index < -0.39 is 17.4 Å². The Morgan fingerprint density at radius 2 is 1.86 bits per heavy atom. The third-order valence-electron chi connectivity index (χ3n) is 7.24. The minimum absolute atomic E-state index is 0.180. The van der Waals surface area contributed by atoms with Crippen molar-refractivity contribution in [2.24, 2.45) is 11.8 Å². The molecule has 1 aliphatic carbocycles. The number of halogens is 4. The molecule has 1 aromatic carbocycles. The van der Waals surface area contributed by atoms with E-state index in [4.69, 9.17) is 11.6 Å². The molecule has 35 heavy (non-hydrogen) atoms. The minimum atomic E-state index is -4.65. The molecule has 3 heterocycles. The number of rotatable bonds is 3. The lowest BCUT2D eigenvalue weighted by Crippen LogP contribution is -2.58. The van der Waals surface area contributed by atoms with Crippen LogP contribution in [0.25, 0.3) is 10.9 Å². The molecule has 0 radical (unpaired) electrons. The molecule has 188 valence electrons. The molecule has 0 spiro atoms. The topological polar surface area (TPSA) is 58.4 Å². The third kappa shape index (κ3) is 4.22. The zero-order valence-electron chi connectivity index (χ0n) is 19.4. The number of carbonyl (C=O) groups is 1. The monoisotopic (exact) mass is 526 g/mol. The van der Waals surface area contributed by atoms with Crippen molar-refractivity contribution in [1.29, 1.82) is 0 Å². The van der Waals surface area contributed by atoms with E-state index in [0.717, 1.165) is 18.9 Å². The van der Waals surface area contributed by atoms with Gasteiger partial charge in [-0.2, -0.15) is 18.2 Å². The summed E-state index contributed by atoms with van der Waals surface area (Å²) in [5, 5.41) is -0.0944. The van der Waals surface area contributed by atoms with E-state index in [1.165, 1.54) is 22.4 Å². The predicted octanol–water partition coefficient (Wildman–Crippen LogP) is 4.81. The summed E-state index contributed by atoms with van der Waals surface area (Å²) in [6.45, 7) is 8.36. The van der Waals surface area contributed by atoms with Gasteiger partial charge in [0, 0.05) is 42.9 Å². The Labute approximate surface area is 210 Å². The average Bonchev–Trinajstić information content (AvgIpc) is 3.62. The van der Waals surface area contributed by atoms with Crippen LogP contribution in [0.3, 0.4) is 0 Å². The van der Waals surface area contributed by atoms with Crippen LogP contribution in [0.15, 0.2) is 28.4 Å². The molecule has 2 fully saturated rings. The quantitative estimate of drug-likeness (QED) is 0.537. The number of alkyl halides is 3. The second kappa shape index (κ2) is 8.73. The second-order valence-electron chi connectivity index (χ2n) is 9.75. The van der Waals surface area contributed by atoms with Crippen LogP contribution < -0.4 is 10.6 Å². The minimum Gasteiger partial charge on any atom is -0.352 e. The second-order valence-corrected chi connectivity index (χ2v) is 11.2. The van der Waals surface area contributed by atoms with Gasteiger partial charge >= 0.3 is 11.9 Å². The smallest absolute Gasteiger partial charge is 0.352 e. The van der Waals surface area contributed by atoms with Crippen LogP contribution in [0.5, 0.6) is 0 Å². The van der Waals surface area contributed by atoms with Crippen LogP contribution in [0.4, 0.5) is 19.0 Å². The maximum Gasteiger partial charge on any atom is 0.417 e. The van der Waals surface area contributed by atoms with Crippen molar-refractivity contribution < 1.29 is 18.0 Å². The molecule has 1 amide bonds. The van der Waals surface area contributed by atoms with E-state index >= 15 is 0 Å². The van der Waals surface area contributed by atoms with E-state index in [2.05, 4.69) is 11.6 Å². The molecular formula is C24H26ClF3N4O2S. The summed E-state index contributed by atoms with van der Waals surface area (Å²) in [4.78, 5) is 33.8. The molecule has 11 heteroatoms. The molecule has 0 bridgehead atoms. The highest BCUT2D eigenvalue weighted by Crippen LogP contribution is 2.49. The zero-order chi connectivity index (χ0) is 25.2. The van der Waals surface area contributed by atoms with Crippen LogP contribution in [0.2, 0.25) is 5.02 Å². The van der Waals surface area contributed by atoms with Gasteiger partial charge < -0.3 is 9.80 Å². The number of thioether (sulfide) groups is 1. The molecule has 2 aromatic rings. The first-order chi connectivity index (χ1) is 16.5. The molecule has 6 nitrogen and oxygen atoms in total. The van der Waals surface area contributed by atoms with Crippen LogP contribution in [-0.2, 0) is 17.5 Å². The van der Waals surface area contributed by atoms with E-state index in [0.29, 0.717) is 41.7 Å². The number of nitrogens with zero attached hydrogens (tertiary/aromatic N) is 4. The Morgan fingerprint density at radius 1 is 1.20 bits per heavy atom. The Hall–Kier alpha value is -2.20. The van der Waals surface area contributed by atoms with Gasteiger partial charge in [0.25, 0.3) is 0 Å². The summed E-state index contributed by atoms with van der Waals surface area (Å²) in [6.07, 6.45) is -1.27. The number of piperazine rings is 1. The van der Waals surface area contributed by atoms with Crippen molar-refractivity contribution in [3.63, 3.8) is 0 Å². The van der Waals surface area contributed by atoms with E-state index in [1.807, 2.05) is 18.7 Å². The van der Waals surface area contributed by atoms with Crippen LogP contribution in [-0.4, -0.2) is 51.3 Å². The fraction of sp³-hybridized carbons (Fsp3) is 0.542. The molecular weight excluding hydrogens is 501 g/mol. The molecule has 3 aliphatic rings. The Balaban J connectivity index is 1.70. The first kappa shape index (κ1) is 24.5. The molecule has 1 saturated carbocycles. The molecule has 1 saturated heterocycles. The van der Waals surface area contributed by atoms with Gasteiger partial charge in [0.15, 0.2) is 0 Å². The summed E-state index contributed by atoms with van der Waals surface area (Å²) >= 11 is 7.66. The first-order valence-electron chi connectivity index (χ1n) is 11.7. The molecule has 3 unspecified atom stereocenters. The highest BCUT2D eigenvalue weighted by Gasteiger charge is 2.40. The van der Waals surface area contributed by atoms with Crippen LogP contribution in [0, 0.1) is 11.8 Å². The number of carbonyl (C=O) groups excluding carboxylic acids is 1. The fourth-order valence-corrected chi connectivity index (χ4v) is 7.25. The molecule has 2 aliphatic heterocycles. The van der Waals surface area contributed by atoms with Gasteiger partial charge in [-0.1, -0.05) is 18.2 Å². The van der Waals surface area contributed by atoms with Gasteiger partial charge in [0.2, 0.25) is 5.91 Å². The lowest BCUT2D eigenvalue weighted by atomic mass is 10.0. The number of aromatic nitrogens is 2. The predicted molar refractivity (Wildman–Crippen MR) is 131 cm³/mol. The normalized spacial score (nSPS) is 25.0. The summed E-state index contributed by atoms with van der Waals surface area (Å²) in [5.41, 5.74) is -0.979. The van der Waals surface area contributed by atoms with Crippen molar-refractivity contribution >= 4 is 46.0 Å². The number of hydrogen-bond acceptors (Lipinski definition) is 5. The molecule has 0 N–H and O–H groups in total. The van der Waals surface area contributed by atoms with Gasteiger partial charge in [-0.25, -0.2) is 4.79 Å². The van der Waals surface area contributed by atoms with E-state index in [9.17, 15) is 22.8 Å². The van der Waals surface area contributed by atoms with Crippen LogP contribution in [0.1, 0.15) is 32.3 Å². The van der Waals surface area contributed by atoms with Gasteiger partial charge in [0.05, 0.1) is 21.0 Å². The number of anilines is 1. The van der Waals surface area contributed by atoms with Gasteiger partial charge in [-0.3, -0.25) is 9.36 Å². The number of amides is 1. The summed E-state index contributed by atoms with van der Waals surface area (Å²) < 4.78 is 43.6. The van der Waals surface area contributed by atoms with Gasteiger partial charge in [0.1, 0.15) is 5.82 Å². The lowest BCUT2D eigenvalue weighted by molar-refractivity contribution is -0.137. The molecule has 5 rings (SSSR count). The summed E-state index contributed by atoms with van der Waals surface area (Å²) in [6, 6.07) is 0.539. The fourth-order valence-electron chi connectivity index (χ4n) is 5.48. The zero-order valence-corrected chi connectivity index (χ0v) is 21.0. The van der Waals surface area contributed by atoms with Crippen molar-refractivity contribution in [2.45, 2.75) is 56.4 Å². The summed E-state index contributed by atoms with van der Waals surface area (Å²) in [7, 11) is 0.